The minimum Gasteiger partial charge on any atom is -0.507 e. The lowest BCUT2D eigenvalue weighted by Gasteiger charge is -2.08. The van der Waals surface area contributed by atoms with E-state index in [-0.39, 0.29) is 40.7 Å². The van der Waals surface area contributed by atoms with Gasteiger partial charge >= 0.3 is 0 Å². The van der Waals surface area contributed by atoms with Gasteiger partial charge in [0.05, 0.1) is 17.7 Å². The van der Waals surface area contributed by atoms with Crippen molar-refractivity contribution in [2.24, 2.45) is 5.10 Å². The third kappa shape index (κ3) is 4.19. The van der Waals surface area contributed by atoms with Crippen LogP contribution in [-0.2, 0) is 11.2 Å². The van der Waals surface area contributed by atoms with Crippen LogP contribution in [-0.4, -0.2) is 27.6 Å². The van der Waals surface area contributed by atoms with Gasteiger partial charge in [-0.25, -0.2) is 5.43 Å². The lowest BCUT2D eigenvalue weighted by molar-refractivity contribution is -0.120. The average Bonchev–Trinajstić information content (AvgIpc) is 2.53. The molecule has 0 radical (unpaired) electrons. The fourth-order valence-electron chi connectivity index (χ4n) is 2.18. The Labute approximate surface area is 139 Å². The van der Waals surface area contributed by atoms with E-state index in [1.54, 1.807) is 6.92 Å². The Kier molecular flexibility index (Phi) is 5.31. The van der Waals surface area contributed by atoms with E-state index in [1.165, 1.54) is 13.0 Å². The molecule has 6 nitrogen and oxygen atoms in total. The highest BCUT2D eigenvalue weighted by Crippen LogP contribution is 2.28. The molecule has 0 bridgehead atoms. The molecule has 0 spiro atoms. The summed E-state index contributed by atoms with van der Waals surface area (Å²) in [6.45, 7) is 2.89. The van der Waals surface area contributed by atoms with Crippen LogP contribution in [0.5, 0.6) is 11.5 Å². The maximum Gasteiger partial charge on any atom is 0.244 e. The topological polar surface area (TPSA) is 99.0 Å². The van der Waals surface area contributed by atoms with Crippen molar-refractivity contribution in [1.82, 2.24) is 5.43 Å². The molecule has 3 N–H and O–H groups in total. The van der Waals surface area contributed by atoms with Crippen molar-refractivity contribution < 1.29 is 19.8 Å². The number of Topliss-reactive ketones (excluding diaryl/α,β-unsaturated/α-hetero) is 1. The standard InChI is InChI=1S/C18H18N2O4/c1-11(14-9-15(12(2)21)17(23)10-16(14)22)19-20-18(24)8-13-6-4-3-5-7-13/h3-7,9-10,22-23H,8H2,1-2H3,(H,20,24). The van der Waals surface area contributed by atoms with Crippen molar-refractivity contribution in [3.8, 4) is 11.5 Å². The number of ketones is 1. The number of nitrogens with one attached hydrogen (secondary N) is 1. The SMILES string of the molecule is CC(=O)c1cc(C(C)=NNC(=O)Cc2ccccc2)c(O)cc1O. The number of benzene rings is 2. The van der Waals surface area contributed by atoms with Gasteiger partial charge in [0.15, 0.2) is 5.78 Å². The molecule has 0 aromatic heterocycles. The molecule has 1 amide bonds. The number of phenols is 2. The van der Waals surface area contributed by atoms with E-state index in [1.807, 2.05) is 30.3 Å². The van der Waals surface area contributed by atoms with E-state index in [0.29, 0.717) is 5.71 Å². The molecule has 2 aromatic carbocycles. The van der Waals surface area contributed by atoms with Crippen LogP contribution in [0.4, 0.5) is 0 Å². The van der Waals surface area contributed by atoms with Gasteiger partial charge in [0, 0.05) is 11.6 Å². The van der Waals surface area contributed by atoms with Gasteiger partial charge in [-0.1, -0.05) is 30.3 Å². The van der Waals surface area contributed by atoms with Crippen molar-refractivity contribution in [1.29, 1.82) is 0 Å². The number of carbonyl (C=O) groups is 2. The molecule has 0 atom stereocenters. The zero-order chi connectivity index (χ0) is 17.7. The molecule has 2 aromatic rings. The van der Waals surface area contributed by atoms with Crippen molar-refractivity contribution in [2.75, 3.05) is 0 Å². The number of hydrazone groups is 1. The second-order valence-corrected chi connectivity index (χ2v) is 5.34. The highest BCUT2D eigenvalue weighted by molar-refractivity contribution is 6.05. The quantitative estimate of drug-likeness (QED) is 0.446. The minimum absolute atomic E-state index is 0.0768. The Morgan fingerprint density at radius 1 is 1.00 bits per heavy atom. The molecule has 24 heavy (non-hydrogen) atoms. The van der Waals surface area contributed by atoms with Gasteiger partial charge in [-0.05, 0) is 25.5 Å². The summed E-state index contributed by atoms with van der Waals surface area (Å²) in [4.78, 5) is 23.4. The molecule has 2 rings (SSSR count). The first-order chi connectivity index (χ1) is 11.4. The molecular formula is C18H18N2O4. The Morgan fingerprint density at radius 3 is 2.25 bits per heavy atom. The largest absolute Gasteiger partial charge is 0.507 e. The number of hydrogen-bond acceptors (Lipinski definition) is 5. The molecule has 0 aliphatic carbocycles. The number of aromatic hydroxyl groups is 2. The van der Waals surface area contributed by atoms with Gasteiger partial charge in [0.2, 0.25) is 5.91 Å². The van der Waals surface area contributed by atoms with Crippen LogP contribution in [0.15, 0.2) is 47.6 Å². The number of hydrogen-bond donors (Lipinski definition) is 3. The van der Waals surface area contributed by atoms with Crippen LogP contribution < -0.4 is 5.43 Å². The maximum absolute atomic E-state index is 11.9. The normalized spacial score (nSPS) is 11.2. The van der Waals surface area contributed by atoms with Crippen molar-refractivity contribution in [3.63, 3.8) is 0 Å². The Hall–Kier alpha value is -3.15. The number of rotatable bonds is 5. The first-order valence-corrected chi connectivity index (χ1v) is 7.33. The van der Waals surface area contributed by atoms with Crippen LogP contribution in [0, 0.1) is 0 Å². The fourth-order valence-corrected chi connectivity index (χ4v) is 2.18. The second-order valence-electron chi connectivity index (χ2n) is 5.34. The molecule has 0 unspecified atom stereocenters. The molecule has 0 heterocycles. The summed E-state index contributed by atoms with van der Waals surface area (Å²) in [6.07, 6.45) is 0.178. The van der Waals surface area contributed by atoms with Gasteiger partial charge in [0.25, 0.3) is 0 Å². The highest BCUT2D eigenvalue weighted by atomic mass is 16.3. The van der Waals surface area contributed by atoms with Gasteiger partial charge in [-0.2, -0.15) is 5.10 Å². The summed E-state index contributed by atoms with van der Waals surface area (Å²) in [5.74, 6) is -1.17. The fraction of sp³-hybridized carbons (Fsp3) is 0.167. The predicted octanol–water partition coefficient (Wildman–Crippen LogP) is 2.38. The zero-order valence-electron chi connectivity index (χ0n) is 13.4. The van der Waals surface area contributed by atoms with Crippen LogP contribution >= 0.6 is 0 Å². The summed E-state index contributed by atoms with van der Waals surface area (Å²) >= 11 is 0. The monoisotopic (exact) mass is 326 g/mol. The molecule has 6 heteroatoms. The van der Waals surface area contributed by atoms with E-state index in [0.717, 1.165) is 11.6 Å². The van der Waals surface area contributed by atoms with E-state index >= 15 is 0 Å². The van der Waals surface area contributed by atoms with Crippen LogP contribution in [0.25, 0.3) is 0 Å². The van der Waals surface area contributed by atoms with Gasteiger partial charge in [0.1, 0.15) is 11.5 Å². The van der Waals surface area contributed by atoms with E-state index in [2.05, 4.69) is 10.5 Å². The third-order valence-electron chi connectivity index (χ3n) is 3.44. The Morgan fingerprint density at radius 2 is 1.62 bits per heavy atom. The lowest BCUT2D eigenvalue weighted by atomic mass is 10.0. The van der Waals surface area contributed by atoms with Gasteiger partial charge in [-0.15, -0.1) is 0 Å². The number of amides is 1. The molecule has 0 saturated carbocycles. The molecule has 0 aliphatic heterocycles. The van der Waals surface area contributed by atoms with Crippen LogP contribution in [0.3, 0.4) is 0 Å². The van der Waals surface area contributed by atoms with Gasteiger partial charge in [-0.3, -0.25) is 9.59 Å². The van der Waals surface area contributed by atoms with Crippen molar-refractivity contribution in [2.45, 2.75) is 20.3 Å². The summed E-state index contributed by atoms with van der Waals surface area (Å²) in [7, 11) is 0. The number of phenolic OH excluding ortho intramolecular Hbond substituents is 2. The number of nitrogens with zero attached hydrogens (tertiary/aromatic N) is 1. The minimum atomic E-state index is -0.338. The van der Waals surface area contributed by atoms with Crippen molar-refractivity contribution >= 4 is 17.4 Å². The first-order valence-electron chi connectivity index (χ1n) is 7.33. The van der Waals surface area contributed by atoms with Crippen LogP contribution in [0.1, 0.15) is 35.3 Å². The van der Waals surface area contributed by atoms with E-state index in [4.69, 9.17) is 0 Å². The molecule has 0 aliphatic rings. The average molecular weight is 326 g/mol. The summed E-state index contributed by atoms with van der Waals surface area (Å²) in [6, 6.07) is 11.6. The molecular weight excluding hydrogens is 308 g/mol. The molecule has 0 fully saturated rings. The van der Waals surface area contributed by atoms with E-state index < -0.39 is 0 Å². The molecule has 124 valence electrons. The van der Waals surface area contributed by atoms with Crippen LogP contribution in [0.2, 0.25) is 0 Å². The summed E-state index contributed by atoms with van der Waals surface area (Å²) in [5.41, 5.74) is 3.92. The smallest absolute Gasteiger partial charge is 0.244 e. The Balaban J connectivity index is 2.14. The second kappa shape index (κ2) is 7.41. The Bertz CT molecular complexity index is 798. The van der Waals surface area contributed by atoms with E-state index in [9.17, 15) is 19.8 Å². The lowest BCUT2D eigenvalue weighted by Crippen LogP contribution is -2.21. The molecule has 0 saturated heterocycles. The zero-order valence-corrected chi connectivity index (χ0v) is 13.4. The maximum atomic E-state index is 11.9. The first kappa shape index (κ1) is 17.2. The number of carbonyl (C=O) groups excluding carboxylic acids is 2. The predicted molar refractivity (Wildman–Crippen MR) is 90.3 cm³/mol. The third-order valence-corrected chi connectivity index (χ3v) is 3.44. The van der Waals surface area contributed by atoms with Gasteiger partial charge < -0.3 is 10.2 Å². The van der Waals surface area contributed by atoms with Crippen molar-refractivity contribution in [3.05, 3.63) is 59.2 Å². The summed E-state index contributed by atoms with van der Waals surface area (Å²) < 4.78 is 0. The highest BCUT2D eigenvalue weighted by Gasteiger charge is 2.14. The summed E-state index contributed by atoms with van der Waals surface area (Å²) in [5, 5.41) is 23.5.